The highest BCUT2D eigenvalue weighted by molar-refractivity contribution is 7.80. The van der Waals surface area contributed by atoms with Crippen LogP contribution in [0.25, 0.3) is 0 Å². The summed E-state index contributed by atoms with van der Waals surface area (Å²) >= 11 is 5.51. The summed E-state index contributed by atoms with van der Waals surface area (Å²) in [5, 5.41) is 4.34. The first kappa shape index (κ1) is 17.7. The molecule has 0 spiro atoms. The summed E-state index contributed by atoms with van der Waals surface area (Å²) in [6, 6.07) is 0. The van der Waals surface area contributed by atoms with Gasteiger partial charge in [0.25, 0.3) is 0 Å². The molecule has 0 aromatic heterocycles. The second-order valence-electron chi connectivity index (χ2n) is 5.94. The van der Waals surface area contributed by atoms with E-state index in [0.29, 0.717) is 0 Å². The Labute approximate surface area is 120 Å². The molecule has 0 unspecified atom stereocenters. The first-order valence-corrected chi connectivity index (χ1v) is 7.90. The van der Waals surface area contributed by atoms with Gasteiger partial charge in [-0.2, -0.15) is 0 Å². The van der Waals surface area contributed by atoms with E-state index in [-0.39, 0.29) is 0 Å². The fraction of sp³-hybridized carbons (Fsp3) is 0.933. The Morgan fingerprint density at radius 2 is 1.56 bits per heavy atom. The second kappa shape index (κ2) is 10.6. The van der Waals surface area contributed by atoms with Crippen LogP contribution >= 0.6 is 12.2 Å². The maximum atomic E-state index is 5.51. The predicted octanol–water partition coefficient (Wildman–Crippen LogP) is 4.06. The predicted molar refractivity (Wildman–Crippen MR) is 86.0 cm³/mol. The lowest BCUT2D eigenvalue weighted by molar-refractivity contribution is 0.349. The van der Waals surface area contributed by atoms with E-state index in [0.717, 1.165) is 36.6 Å². The molecule has 0 amide bonds. The van der Waals surface area contributed by atoms with Gasteiger partial charge in [0, 0.05) is 19.6 Å². The highest BCUT2D eigenvalue weighted by atomic mass is 32.1. The minimum Gasteiger partial charge on any atom is -0.363 e. The van der Waals surface area contributed by atoms with Gasteiger partial charge in [0.2, 0.25) is 0 Å². The summed E-state index contributed by atoms with van der Waals surface area (Å²) < 4.78 is 0. The van der Waals surface area contributed by atoms with Crippen molar-refractivity contribution in [2.45, 2.75) is 60.3 Å². The van der Waals surface area contributed by atoms with Gasteiger partial charge < -0.3 is 10.2 Å². The van der Waals surface area contributed by atoms with Crippen LogP contribution < -0.4 is 5.32 Å². The lowest BCUT2D eigenvalue weighted by Gasteiger charge is -2.27. The number of nitrogens with one attached hydrogen (secondary N) is 1. The number of hydrogen-bond acceptors (Lipinski definition) is 1. The Bertz CT molecular complexity index is 203. The summed E-state index contributed by atoms with van der Waals surface area (Å²) in [7, 11) is 0. The van der Waals surface area contributed by atoms with Gasteiger partial charge in [0.15, 0.2) is 5.11 Å². The minimum absolute atomic E-state index is 0.741. The van der Waals surface area contributed by atoms with E-state index >= 15 is 0 Å². The lowest BCUT2D eigenvalue weighted by atomic mass is 10.1. The van der Waals surface area contributed by atoms with E-state index in [9.17, 15) is 0 Å². The standard InChI is InChI=1S/C15H32N2S/c1-6-7-10-16-15(18)17(11-8-13(2)3)12-9-14(4)5/h13-14H,6-12H2,1-5H3,(H,16,18). The maximum Gasteiger partial charge on any atom is 0.168 e. The Balaban J connectivity index is 4.11. The zero-order valence-electron chi connectivity index (χ0n) is 13.0. The van der Waals surface area contributed by atoms with Crippen LogP contribution in [0.3, 0.4) is 0 Å². The molecule has 2 nitrogen and oxygen atoms in total. The van der Waals surface area contributed by atoms with Gasteiger partial charge >= 0.3 is 0 Å². The highest BCUT2D eigenvalue weighted by Gasteiger charge is 2.10. The van der Waals surface area contributed by atoms with Gasteiger partial charge in [0.05, 0.1) is 0 Å². The minimum atomic E-state index is 0.741. The van der Waals surface area contributed by atoms with Crippen molar-refractivity contribution in [1.82, 2.24) is 10.2 Å². The third kappa shape index (κ3) is 9.69. The molecule has 0 atom stereocenters. The van der Waals surface area contributed by atoms with Crippen LogP contribution in [0.2, 0.25) is 0 Å². The summed E-state index contributed by atoms with van der Waals surface area (Å²) in [6.07, 6.45) is 4.84. The Kier molecular flexibility index (Phi) is 10.4. The van der Waals surface area contributed by atoms with Crippen LogP contribution in [-0.4, -0.2) is 29.6 Å². The number of nitrogens with zero attached hydrogens (tertiary/aromatic N) is 1. The lowest BCUT2D eigenvalue weighted by Crippen LogP contribution is -2.41. The molecule has 0 saturated heterocycles. The number of hydrogen-bond donors (Lipinski definition) is 1. The van der Waals surface area contributed by atoms with Crippen molar-refractivity contribution in [3.8, 4) is 0 Å². The fourth-order valence-electron chi connectivity index (χ4n) is 1.63. The zero-order chi connectivity index (χ0) is 14.0. The first-order valence-electron chi connectivity index (χ1n) is 7.50. The van der Waals surface area contributed by atoms with Crippen molar-refractivity contribution in [1.29, 1.82) is 0 Å². The average molecular weight is 273 g/mol. The third-order valence-corrected chi connectivity index (χ3v) is 3.45. The van der Waals surface area contributed by atoms with Crippen LogP contribution in [0.5, 0.6) is 0 Å². The normalized spacial score (nSPS) is 11.1. The molecule has 0 aliphatic rings. The van der Waals surface area contributed by atoms with E-state index in [1.54, 1.807) is 0 Å². The molecule has 0 radical (unpaired) electrons. The molecule has 18 heavy (non-hydrogen) atoms. The fourth-order valence-corrected chi connectivity index (χ4v) is 1.91. The van der Waals surface area contributed by atoms with Gasteiger partial charge in [-0.05, 0) is 43.3 Å². The molecule has 0 heterocycles. The SMILES string of the molecule is CCCCNC(=S)N(CCC(C)C)CCC(C)C. The van der Waals surface area contributed by atoms with Gasteiger partial charge in [-0.15, -0.1) is 0 Å². The molecule has 0 aliphatic carbocycles. The molecule has 0 aliphatic heterocycles. The van der Waals surface area contributed by atoms with Crippen molar-refractivity contribution in [2.24, 2.45) is 11.8 Å². The van der Waals surface area contributed by atoms with E-state index in [1.165, 1.54) is 25.7 Å². The Morgan fingerprint density at radius 3 is 1.94 bits per heavy atom. The first-order chi connectivity index (χ1) is 8.47. The summed E-state index contributed by atoms with van der Waals surface area (Å²) in [4.78, 5) is 2.35. The number of unbranched alkanes of at least 4 members (excludes halogenated alkanes) is 1. The molecule has 0 saturated carbocycles. The van der Waals surface area contributed by atoms with Crippen LogP contribution in [0.1, 0.15) is 60.3 Å². The molecule has 0 aromatic carbocycles. The van der Waals surface area contributed by atoms with Crippen molar-refractivity contribution in [3.05, 3.63) is 0 Å². The van der Waals surface area contributed by atoms with Crippen LogP contribution in [0, 0.1) is 11.8 Å². The van der Waals surface area contributed by atoms with Gasteiger partial charge in [-0.3, -0.25) is 0 Å². The van der Waals surface area contributed by atoms with Gasteiger partial charge in [-0.25, -0.2) is 0 Å². The summed E-state index contributed by atoms with van der Waals surface area (Å²) in [6.45, 7) is 14.5. The van der Waals surface area contributed by atoms with E-state index < -0.39 is 0 Å². The average Bonchev–Trinajstić information content (AvgIpc) is 2.28. The number of rotatable bonds is 9. The van der Waals surface area contributed by atoms with E-state index in [2.05, 4.69) is 44.8 Å². The molecule has 3 heteroatoms. The largest absolute Gasteiger partial charge is 0.363 e. The Morgan fingerprint density at radius 1 is 1.06 bits per heavy atom. The molecular formula is C15H32N2S. The van der Waals surface area contributed by atoms with Gasteiger partial charge in [-0.1, -0.05) is 41.0 Å². The monoisotopic (exact) mass is 272 g/mol. The van der Waals surface area contributed by atoms with Crippen LogP contribution in [-0.2, 0) is 0 Å². The zero-order valence-corrected chi connectivity index (χ0v) is 13.8. The quantitative estimate of drug-likeness (QED) is 0.503. The van der Waals surface area contributed by atoms with Crippen LogP contribution in [0.15, 0.2) is 0 Å². The molecule has 1 N–H and O–H groups in total. The highest BCUT2D eigenvalue weighted by Crippen LogP contribution is 2.07. The molecule has 0 bridgehead atoms. The topological polar surface area (TPSA) is 15.3 Å². The second-order valence-corrected chi connectivity index (χ2v) is 6.32. The van der Waals surface area contributed by atoms with Crippen molar-refractivity contribution < 1.29 is 0 Å². The Hall–Kier alpha value is -0.310. The van der Waals surface area contributed by atoms with Crippen molar-refractivity contribution in [3.63, 3.8) is 0 Å². The molecule has 0 aromatic rings. The third-order valence-electron chi connectivity index (χ3n) is 3.05. The number of thiocarbonyl (C=S) groups is 1. The smallest absolute Gasteiger partial charge is 0.168 e. The molecule has 0 fully saturated rings. The van der Waals surface area contributed by atoms with Gasteiger partial charge in [0.1, 0.15) is 0 Å². The summed E-state index contributed by atoms with van der Waals surface area (Å²) in [5.41, 5.74) is 0. The summed E-state index contributed by atoms with van der Waals surface area (Å²) in [5.74, 6) is 1.48. The molecular weight excluding hydrogens is 240 g/mol. The van der Waals surface area contributed by atoms with E-state index in [4.69, 9.17) is 12.2 Å². The molecule has 0 rings (SSSR count). The van der Waals surface area contributed by atoms with E-state index in [1.807, 2.05) is 0 Å². The van der Waals surface area contributed by atoms with Crippen LogP contribution in [0.4, 0.5) is 0 Å². The maximum absolute atomic E-state index is 5.51. The molecule has 108 valence electrons. The van der Waals surface area contributed by atoms with Crippen molar-refractivity contribution >= 4 is 17.3 Å². The van der Waals surface area contributed by atoms with Crippen molar-refractivity contribution in [2.75, 3.05) is 19.6 Å².